The molecule has 1 aromatic heterocycles. The van der Waals surface area contributed by atoms with E-state index in [0.29, 0.717) is 15.7 Å². The van der Waals surface area contributed by atoms with Crippen LogP contribution in [0.1, 0.15) is 32.0 Å². The van der Waals surface area contributed by atoms with Crippen LogP contribution in [0.15, 0.2) is 36.4 Å². The van der Waals surface area contributed by atoms with E-state index < -0.39 is 11.8 Å². The first-order chi connectivity index (χ1) is 13.2. The number of benzene rings is 2. The van der Waals surface area contributed by atoms with Gasteiger partial charge in [0.1, 0.15) is 5.56 Å². The van der Waals surface area contributed by atoms with E-state index in [4.69, 9.17) is 51.1 Å². The van der Waals surface area contributed by atoms with Crippen molar-refractivity contribution in [2.45, 2.75) is 6.92 Å². The normalized spacial score (nSPS) is 10.8. The average molecular weight is 458 g/mol. The summed E-state index contributed by atoms with van der Waals surface area (Å²) < 4.78 is 6.75. The molecule has 0 amide bonds. The molecule has 5 nitrogen and oxygen atoms in total. The molecule has 0 radical (unpaired) electrons. The Kier molecular flexibility index (Phi) is 6.01. The van der Waals surface area contributed by atoms with Crippen LogP contribution in [0.4, 0.5) is 0 Å². The predicted octanol–water partition coefficient (Wildman–Crippen LogP) is 5.79. The Morgan fingerprint density at radius 2 is 1.46 bits per heavy atom. The maximum absolute atomic E-state index is 13.0. The summed E-state index contributed by atoms with van der Waals surface area (Å²) in [6.07, 6.45) is 0. The number of aromatic nitrogens is 2. The SMILES string of the molecule is Cc1nn(C)c(OC(=O)c2ccc(Cl)cc2Cl)c1C(=O)c1ccc(Cl)cc1Cl. The number of nitrogens with zero attached hydrogens (tertiary/aromatic N) is 2. The lowest BCUT2D eigenvalue weighted by Gasteiger charge is -2.09. The average Bonchev–Trinajstić information content (AvgIpc) is 2.87. The molecule has 0 unspecified atom stereocenters. The van der Waals surface area contributed by atoms with Crippen LogP contribution in [0.5, 0.6) is 5.88 Å². The van der Waals surface area contributed by atoms with Crippen LogP contribution in [-0.2, 0) is 7.05 Å². The lowest BCUT2D eigenvalue weighted by Crippen LogP contribution is -2.14. The Hall–Kier alpha value is -2.05. The first-order valence-electron chi connectivity index (χ1n) is 7.89. The molecule has 0 aliphatic heterocycles. The van der Waals surface area contributed by atoms with Crippen LogP contribution in [0, 0.1) is 6.92 Å². The summed E-state index contributed by atoms with van der Waals surface area (Å²) in [4.78, 5) is 25.6. The number of carbonyl (C=O) groups excluding carboxylic acids is 2. The molecule has 0 saturated heterocycles. The Labute approximate surface area is 180 Å². The number of carbonyl (C=O) groups is 2. The molecule has 0 atom stereocenters. The van der Waals surface area contributed by atoms with Crippen molar-refractivity contribution < 1.29 is 14.3 Å². The fraction of sp³-hybridized carbons (Fsp3) is 0.105. The molecule has 144 valence electrons. The Morgan fingerprint density at radius 1 is 0.929 bits per heavy atom. The van der Waals surface area contributed by atoms with Gasteiger partial charge in [-0.2, -0.15) is 5.10 Å². The second-order valence-corrected chi connectivity index (χ2v) is 7.54. The van der Waals surface area contributed by atoms with Gasteiger partial charge in [-0.05, 0) is 43.3 Å². The minimum absolute atomic E-state index is 0.0236. The summed E-state index contributed by atoms with van der Waals surface area (Å²) in [5.74, 6) is -1.22. The van der Waals surface area contributed by atoms with E-state index in [1.807, 2.05) is 0 Å². The van der Waals surface area contributed by atoms with Gasteiger partial charge in [0.25, 0.3) is 0 Å². The highest BCUT2D eigenvalue weighted by Crippen LogP contribution is 2.30. The molecular weight excluding hydrogens is 446 g/mol. The van der Waals surface area contributed by atoms with Crippen LogP contribution in [0.2, 0.25) is 20.1 Å². The number of ether oxygens (including phenoxy) is 1. The van der Waals surface area contributed by atoms with Gasteiger partial charge in [-0.25, -0.2) is 9.48 Å². The molecule has 2 aromatic carbocycles. The minimum atomic E-state index is -0.749. The van der Waals surface area contributed by atoms with Crippen molar-refractivity contribution in [3.63, 3.8) is 0 Å². The third-order valence-corrected chi connectivity index (χ3v) is 5.01. The number of aryl methyl sites for hydroxylation is 2. The summed E-state index contributed by atoms with van der Waals surface area (Å²) in [6, 6.07) is 8.88. The topological polar surface area (TPSA) is 61.2 Å². The summed E-state index contributed by atoms with van der Waals surface area (Å²) in [5.41, 5.74) is 0.811. The van der Waals surface area contributed by atoms with Crippen LogP contribution in [-0.4, -0.2) is 21.5 Å². The first-order valence-corrected chi connectivity index (χ1v) is 9.40. The highest BCUT2D eigenvalue weighted by Gasteiger charge is 2.27. The molecule has 3 rings (SSSR count). The fourth-order valence-electron chi connectivity index (χ4n) is 2.62. The van der Waals surface area contributed by atoms with Crippen LogP contribution in [0.25, 0.3) is 0 Å². The number of halogens is 4. The van der Waals surface area contributed by atoms with E-state index in [0.717, 1.165) is 0 Å². The molecule has 1 heterocycles. The van der Waals surface area contributed by atoms with E-state index in [1.165, 1.54) is 35.0 Å². The molecule has 0 fully saturated rings. The number of hydrogen-bond donors (Lipinski definition) is 0. The summed E-state index contributed by atoms with van der Waals surface area (Å²) >= 11 is 24.0. The van der Waals surface area contributed by atoms with E-state index >= 15 is 0 Å². The first kappa shape index (κ1) is 20.7. The van der Waals surface area contributed by atoms with Gasteiger partial charge in [-0.1, -0.05) is 46.4 Å². The van der Waals surface area contributed by atoms with Gasteiger partial charge in [0.15, 0.2) is 0 Å². The smallest absolute Gasteiger partial charge is 0.346 e. The van der Waals surface area contributed by atoms with Gasteiger partial charge in [0, 0.05) is 22.7 Å². The maximum atomic E-state index is 13.0. The highest BCUT2D eigenvalue weighted by molar-refractivity contribution is 6.38. The van der Waals surface area contributed by atoms with Gasteiger partial charge in [0.2, 0.25) is 11.7 Å². The second-order valence-electron chi connectivity index (χ2n) is 5.86. The zero-order chi connectivity index (χ0) is 20.6. The molecule has 0 spiro atoms. The third-order valence-electron chi connectivity index (χ3n) is 3.91. The Balaban J connectivity index is 2.01. The summed E-state index contributed by atoms with van der Waals surface area (Å²) in [7, 11) is 1.55. The predicted molar refractivity (Wildman–Crippen MR) is 109 cm³/mol. The third kappa shape index (κ3) is 4.03. The molecule has 28 heavy (non-hydrogen) atoms. The minimum Gasteiger partial charge on any atom is -0.403 e. The number of esters is 1. The van der Waals surface area contributed by atoms with Gasteiger partial charge in [0.05, 0.1) is 21.3 Å². The summed E-state index contributed by atoms with van der Waals surface area (Å²) in [5, 5.41) is 5.27. The van der Waals surface area contributed by atoms with Crippen LogP contribution >= 0.6 is 46.4 Å². The lowest BCUT2D eigenvalue weighted by atomic mass is 10.0. The monoisotopic (exact) mass is 456 g/mol. The number of hydrogen-bond acceptors (Lipinski definition) is 4. The summed E-state index contributed by atoms with van der Waals surface area (Å²) in [6.45, 7) is 1.63. The Morgan fingerprint density at radius 3 is 2.00 bits per heavy atom. The maximum Gasteiger partial charge on any atom is 0.346 e. The molecule has 0 aliphatic carbocycles. The largest absolute Gasteiger partial charge is 0.403 e. The van der Waals surface area contributed by atoms with Crippen molar-refractivity contribution in [1.29, 1.82) is 0 Å². The van der Waals surface area contributed by atoms with Crippen molar-refractivity contribution in [2.75, 3.05) is 0 Å². The lowest BCUT2D eigenvalue weighted by molar-refractivity contribution is 0.0718. The molecule has 0 saturated carbocycles. The van der Waals surface area contributed by atoms with Gasteiger partial charge in [-0.3, -0.25) is 4.79 Å². The van der Waals surface area contributed by atoms with Gasteiger partial charge >= 0.3 is 5.97 Å². The number of rotatable bonds is 4. The molecular formula is C19H12Cl4N2O3. The van der Waals surface area contributed by atoms with E-state index in [1.54, 1.807) is 20.0 Å². The molecule has 9 heteroatoms. The van der Waals surface area contributed by atoms with Crippen molar-refractivity contribution in [2.24, 2.45) is 7.05 Å². The molecule has 3 aromatic rings. The standard InChI is InChI=1S/C19H12Cl4N2O3/c1-9-16(17(26)12-5-3-10(20)7-14(12)22)18(25(2)24-9)28-19(27)13-6-4-11(21)8-15(13)23/h3-8H,1-2H3. The highest BCUT2D eigenvalue weighted by atomic mass is 35.5. The van der Waals surface area contributed by atoms with E-state index in [2.05, 4.69) is 5.10 Å². The van der Waals surface area contributed by atoms with Gasteiger partial charge < -0.3 is 4.74 Å². The quantitative estimate of drug-likeness (QED) is 0.367. The second kappa shape index (κ2) is 8.13. The van der Waals surface area contributed by atoms with E-state index in [-0.39, 0.29) is 32.6 Å². The molecule has 0 N–H and O–H groups in total. The van der Waals surface area contributed by atoms with Gasteiger partial charge in [-0.15, -0.1) is 0 Å². The van der Waals surface area contributed by atoms with Crippen LogP contribution < -0.4 is 4.74 Å². The van der Waals surface area contributed by atoms with Crippen molar-refractivity contribution in [3.8, 4) is 5.88 Å². The van der Waals surface area contributed by atoms with Crippen molar-refractivity contribution >= 4 is 58.2 Å². The van der Waals surface area contributed by atoms with Crippen molar-refractivity contribution in [3.05, 3.63) is 78.9 Å². The molecule has 0 aliphatic rings. The van der Waals surface area contributed by atoms with Crippen LogP contribution in [0.3, 0.4) is 0 Å². The fourth-order valence-corrected chi connectivity index (χ4v) is 3.60. The number of ketones is 1. The van der Waals surface area contributed by atoms with Crippen molar-refractivity contribution in [1.82, 2.24) is 9.78 Å². The Bertz CT molecular complexity index is 1110. The zero-order valence-electron chi connectivity index (χ0n) is 14.6. The molecule has 0 bridgehead atoms. The zero-order valence-corrected chi connectivity index (χ0v) is 17.6. The van der Waals surface area contributed by atoms with E-state index in [9.17, 15) is 9.59 Å².